The highest BCUT2D eigenvalue weighted by molar-refractivity contribution is 5.77. The molecule has 0 saturated carbocycles. The number of amides is 1. The van der Waals surface area contributed by atoms with E-state index in [9.17, 15) is 19.8 Å². The normalized spacial score (nSPS) is 14.2. The van der Waals surface area contributed by atoms with Gasteiger partial charge in [-0.05, 0) is 38.5 Å². The molecule has 0 aromatic rings. The molecule has 1 amide bonds. The molecule has 3 atom stereocenters. The van der Waals surface area contributed by atoms with Gasteiger partial charge in [0.25, 0.3) is 0 Å². The van der Waals surface area contributed by atoms with Crippen molar-refractivity contribution < 1.29 is 24.5 Å². The Morgan fingerprint density at radius 2 is 0.933 bits per heavy atom. The Morgan fingerprint density at radius 1 is 0.517 bits per heavy atom. The van der Waals surface area contributed by atoms with Crippen molar-refractivity contribution >= 4 is 11.9 Å². The predicted octanol–water partition coefficient (Wildman–Crippen LogP) is 14.6. The quantitative estimate of drug-likeness (QED) is 0.0323. The van der Waals surface area contributed by atoms with E-state index in [2.05, 4.69) is 68.6 Å². The summed E-state index contributed by atoms with van der Waals surface area (Å²) in [6.45, 7) is 6.16. The summed E-state index contributed by atoms with van der Waals surface area (Å²) in [5.74, 6) is -0.629. The second-order valence-corrected chi connectivity index (χ2v) is 16.3. The van der Waals surface area contributed by atoms with Crippen LogP contribution in [0.5, 0.6) is 0 Å². The van der Waals surface area contributed by atoms with E-state index in [1.165, 1.54) is 103 Å². The second kappa shape index (κ2) is 46.8. The van der Waals surface area contributed by atoms with Gasteiger partial charge in [0.15, 0.2) is 0 Å². The Morgan fingerprint density at radius 3 is 1.42 bits per heavy atom. The van der Waals surface area contributed by atoms with Crippen molar-refractivity contribution in [2.75, 3.05) is 6.61 Å². The number of unbranched alkanes of at least 4 members (excludes halogenated alkanes) is 21. The van der Waals surface area contributed by atoms with Gasteiger partial charge in [0.05, 0.1) is 25.2 Å². The number of hydrogen-bond acceptors (Lipinski definition) is 5. The average Bonchev–Trinajstić information content (AvgIpc) is 3.24. The van der Waals surface area contributed by atoms with Gasteiger partial charge >= 0.3 is 5.97 Å². The fourth-order valence-electron chi connectivity index (χ4n) is 6.92. The van der Waals surface area contributed by atoms with E-state index in [1.807, 2.05) is 54.7 Å². The van der Waals surface area contributed by atoms with E-state index in [0.29, 0.717) is 19.3 Å². The molecule has 0 aromatic heterocycles. The van der Waals surface area contributed by atoms with Gasteiger partial charge in [0.1, 0.15) is 6.10 Å². The Labute approximate surface area is 369 Å². The molecule has 0 aromatic carbocycles. The van der Waals surface area contributed by atoms with Crippen LogP contribution in [0.15, 0.2) is 97.2 Å². The van der Waals surface area contributed by atoms with Crippen LogP contribution < -0.4 is 5.32 Å². The van der Waals surface area contributed by atoms with E-state index >= 15 is 0 Å². The highest BCUT2D eigenvalue weighted by Crippen LogP contribution is 2.16. The Balaban J connectivity index is 4.67. The molecule has 6 heteroatoms. The molecular formula is C54H91NO5. The van der Waals surface area contributed by atoms with Crippen LogP contribution in [0.3, 0.4) is 0 Å². The number of aliphatic hydroxyl groups is 2. The van der Waals surface area contributed by atoms with Crippen molar-refractivity contribution in [2.45, 2.75) is 225 Å². The number of carbonyl (C=O) groups excluding carboxylic acids is 2. The first-order chi connectivity index (χ1) is 29.5. The van der Waals surface area contributed by atoms with Gasteiger partial charge in [-0.3, -0.25) is 9.59 Å². The molecule has 0 radical (unpaired) electrons. The van der Waals surface area contributed by atoms with Gasteiger partial charge in [-0.25, -0.2) is 0 Å². The highest BCUT2D eigenvalue weighted by Gasteiger charge is 2.23. The minimum Gasteiger partial charge on any atom is -0.461 e. The van der Waals surface area contributed by atoms with E-state index in [1.54, 1.807) is 0 Å². The van der Waals surface area contributed by atoms with Crippen LogP contribution in [0.1, 0.15) is 207 Å². The van der Waals surface area contributed by atoms with Crippen LogP contribution >= 0.6 is 0 Å². The molecule has 0 aliphatic carbocycles. The third kappa shape index (κ3) is 41.5. The molecule has 0 aliphatic rings. The summed E-state index contributed by atoms with van der Waals surface area (Å²) in [6, 6.07) is -0.746. The molecule has 60 heavy (non-hydrogen) atoms. The minimum absolute atomic E-state index is 0.0284. The zero-order valence-electron chi connectivity index (χ0n) is 38.8. The van der Waals surface area contributed by atoms with Crippen LogP contribution in [-0.2, 0) is 14.3 Å². The lowest BCUT2D eigenvalue weighted by Crippen LogP contribution is -2.46. The van der Waals surface area contributed by atoms with E-state index < -0.39 is 18.2 Å². The molecule has 6 nitrogen and oxygen atoms in total. The summed E-state index contributed by atoms with van der Waals surface area (Å²) in [7, 11) is 0. The van der Waals surface area contributed by atoms with Crippen molar-refractivity contribution in [3.63, 3.8) is 0 Å². The summed E-state index contributed by atoms with van der Waals surface area (Å²) < 4.78 is 5.82. The maximum absolute atomic E-state index is 13.1. The SMILES string of the molecule is CC/C=C/C=C/C=C\C=C/C=C/CC(CC(=O)NC(CO)C(O)CCCCCCCCCCCCCCCCC)OC(=O)CCCCCCCCC/C=C/C=C/C=C/CC. The molecule has 0 spiro atoms. The smallest absolute Gasteiger partial charge is 0.306 e. The lowest BCUT2D eigenvalue weighted by atomic mass is 10.0. The first-order valence-corrected chi connectivity index (χ1v) is 24.6. The molecule has 0 fully saturated rings. The molecule has 342 valence electrons. The molecule has 3 N–H and O–H groups in total. The fourth-order valence-corrected chi connectivity index (χ4v) is 6.92. The molecule has 0 bridgehead atoms. The van der Waals surface area contributed by atoms with Crippen LogP contribution in [0, 0.1) is 0 Å². The van der Waals surface area contributed by atoms with Gasteiger partial charge in [0, 0.05) is 12.8 Å². The number of nitrogens with one attached hydrogen (secondary N) is 1. The number of hydrogen-bond donors (Lipinski definition) is 3. The molecule has 0 aliphatic heterocycles. The first kappa shape index (κ1) is 56.8. The lowest BCUT2D eigenvalue weighted by molar-refractivity contribution is -0.150. The zero-order chi connectivity index (χ0) is 43.8. The third-order valence-electron chi connectivity index (χ3n) is 10.6. The minimum atomic E-state index is -0.824. The summed E-state index contributed by atoms with van der Waals surface area (Å²) in [5.41, 5.74) is 0. The molecule has 0 heterocycles. The van der Waals surface area contributed by atoms with Gasteiger partial charge in [-0.15, -0.1) is 0 Å². The van der Waals surface area contributed by atoms with Gasteiger partial charge in [-0.1, -0.05) is 246 Å². The largest absolute Gasteiger partial charge is 0.461 e. The van der Waals surface area contributed by atoms with Crippen LogP contribution in [0.4, 0.5) is 0 Å². The van der Waals surface area contributed by atoms with Crippen molar-refractivity contribution in [3.05, 3.63) is 97.2 Å². The Bertz CT molecular complexity index is 1210. The second-order valence-electron chi connectivity index (χ2n) is 16.3. The topological polar surface area (TPSA) is 95.9 Å². The lowest BCUT2D eigenvalue weighted by Gasteiger charge is -2.24. The first-order valence-electron chi connectivity index (χ1n) is 24.6. The maximum Gasteiger partial charge on any atom is 0.306 e. The van der Waals surface area contributed by atoms with Gasteiger partial charge in [-0.2, -0.15) is 0 Å². The van der Waals surface area contributed by atoms with Gasteiger partial charge < -0.3 is 20.3 Å². The van der Waals surface area contributed by atoms with Crippen molar-refractivity contribution in [1.82, 2.24) is 5.32 Å². The Hall–Kier alpha value is -3.22. The molecular weight excluding hydrogens is 743 g/mol. The summed E-state index contributed by atoms with van der Waals surface area (Å²) in [5, 5.41) is 23.7. The van der Waals surface area contributed by atoms with E-state index in [4.69, 9.17) is 4.74 Å². The molecule has 3 unspecified atom stereocenters. The third-order valence-corrected chi connectivity index (χ3v) is 10.6. The van der Waals surface area contributed by atoms with E-state index in [-0.39, 0.29) is 24.9 Å². The number of allylic oxidation sites excluding steroid dienone is 15. The fraction of sp³-hybridized carbons (Fsp3) is 0.667. The van der Waals surface area contributed by atoms with Gasteiger partial charge in [0.2, 0.25) is 5.91 Å². The van der Waals surface area contributed by atoms with Crippen molar-refractivity contribution in [3.8, 4) is 0 Å². The molecule has 0 rings (SSSR count). The number of esters is 1. The van der Waals surface area contributed by atoms with Crippen molar-refractivity contribution in [2.24, 2.45) is 0 Å². The van der Waals surface area contributed by atoms with Crippen molar-refractivity contribution in [1.29, 1.82) is 0 Å². The number of aliphatic hydroxyl groups excluding tert-OH is 2. The Kier molecular flexibility index (Phi) is 44.3. The van der Waals surface area contributed by atoms with Crippen LogP contribution in [-0.4, -0.2) is 46.9 Å². The standard InChI is InChI=1S/C54H91NO5/c1-4-7-10-13-16-19-22-24-26-28-31-34-37-40-43-46-52(57)51(49-56)55-53(58)48-50(45-42-39-36-33-30-21-18-15-12-9-6-3)60-54(59)47-44-41-38-35-32-29-27-25-23-20-17-14-11-8-5-2/h8-9,11-12,14-15,17-18,20-21,23,30,33,36,39,42,50-52,56-57H,4-7,10,13,16,19,22,24-29,31-32,34-35,37-38,40-41,43-49H2,1-3H3,(H,55,58)/b11-8+,12-9+,17-14+,18-15+,23-20+,30-21-,36-33-,42-39+. The summed E-state index contributed by atoms with van der Waals surface area (Å²) in [4.78, 5) is 26.0. The number of rotatable bonds is 42. The van der Waals surface area contributed by atoms with Crippen LogP contribution in [0.25, 0.3) is 0 Å². The highest BCUT2D eigenvalue weighted by atomic mass is 16.5. The summed E-state index contributed by atoms with van der Waals surface area (Å²) >= 11 is 0. The molecule has 0 saturated heterocycles. The summed E-state index contributed by atoms with van der Waals surface area (Å²) in [6.07, 6.45) is 62.0. The van der Waals surface area contributed by atoms with Crippen LogP contribution in [0.2, 0.25) is 0 Å². The monoisotopic (exact) mass is 834 g/mol. The predicted molar refractivity (Wildman–Crippen MR) is 259 cm³/mol. The number of ether oxygens (including phenoxy) is 1. The zero-order valence-corrected chi connectivity index (χ0v) is 38.8. The number of carbonyl (C=O) groups is 2. The maximum atomic E-state index is 13.1. The van der Waals surface area contributed by atoms with E-state index in [0.717, 1.165) is 57.8 Å². The average molecular weight is 834 g/mol.